The molecule has 1 aromatic carbocycles. The Morgan fingerprint density at radius 2 is 1.78 bits per heavy atom. The summed E-state index contributed by atoms with van der Waals surface area (Å²) in [6.45, 7) is 5.09. The van der Waals surface area contributed by atoms with Crippen LogP contribution in [0.1, 0.15) is 5.56 Å². The summed E-state index contributed by atoms with van der Waals surface area (Å²) in [7, 11) is 0. The maximum atomic E-state index is 12.8. The Hall–Kier alpha value is -1.76. The molecule has 0 atom stereocenters. The van der Waals surface area contributed by atoms with Crippen molar-refractivity contribution in [2.75, 3.05) is 38.0 Å². The van der Waals surface area contributed by atoms with Gasteiger partial charge in [0.05, 0.1) is 6.54 Å². The fourth-order valence-corrected chi connectivity index (χ4v) is 3.34. The largest absolute Gasteiger partial charge is 0.325 e. The number of thiophene rings is 1. The molecule has 1 aliphatic rings. The van der Waals surface area contributed by atoms with E-state index in [4.69, 9.17) is 0 Å². The van der Waals surface area contributed by atoms with Crippen LogP contribution in [0.4, 0.5) is 10.1 Å². The molecule has 0 bridgehead atoms. The minimum Gasteiger partial charge on any atom is -0.325 e. The number of amides is 1. The van der Waals surface area contributed by atoms with E-state index < -0.39 is 0 Å². The zero-order chi connectivity index (χ0) is 16.1. The van der Waals surface area contributed by atoms with E-state index in [-0.39, 0.29) is 11.7 Å². The van der Waals surface area contributed by atoms with Crippen LogP contribution in [0, 0.1) is 5.82 Å². The molecule has 2 aromatic rings. The molecule has 122 valence electrons. The highest BCUT2D eigenvalue weighted by molar-refractivity contribution is 7.07. The van der Waals surface area contributed by atoms with Gasteiger partial charge >= 0.3 is 0 Å². The van der Waals surface area contributed by atoms with Gasteiger partial charge in [-0.25, -0.2) is 4.39 Å². The predicted octanol–water partition coefficient (Wildman–Crippen LogP) is 2.64. The molecule has 3 rings (SSSR count). The molecule has 4 nitrogen and oxygen atoms in total. The Balaban J connectivity index is 1.41. The summed E-state index contributed by atoms with van der Waals surface area (Å²) in [5.74, 6) is -0.354. The summed E-state index contributed by atoms with van der Waals surface area (Å²) in [4.78, 5) is 16.6. The number of halogens is 1. The van der Waals surface area contributed by atoms with Gasteiger partial charge in [-0.1, -0.05) is 0 Å². The van der Waals surface area contributed by atoms with Crippen LogP contribution in [-0.4, -0.2) is 48.4 Å². The molecule has 0 unspecified atom stereocenters. The first-order chi connectivity index (χ1) is 11.2. The second kappa shape index (κ2) is 7.68. The number of piperazine rings is 1. The van der Waals surface area contributed by atoms with Crippen LogP contribution in [0.3, 0.4) is 0 Å². The fourth-order valence-electron chi connectivity index (χ4n) is 2.68. The molecule has 1 fully saturated rings. The number of anilines is 1. The Morgan fingerprint density at radius 1 is 1.09 bits per heavy atom. The lowest BCUT2D eigenvalue weighted by atomic mass is 10.2. The van der Waals surface area contributed by atoms with Gasteiger partial charge in [-0.2, -0.15) is 11.3 Å². The van der Waals surface area contributed by atoms with Crippen LogP contribution in [-0.2, 0) is 11.3 Å². The van der Waals surface area contributed by atoms with E-state index in [1.807, 2.05) is 0 Å². The van der Waals surface area contributed by atoms with Gasteiger partial charge in [0.25, 0.3) is 0 Å². The molecule has 6 heteroatoms. The Bertz CT molecular complexity index is 622. The van der Waals surface area contributed by atoms with Crippen LogP contribution in [0.25, 0.3) is 0 Å². The normalized spacial score (nSPS) is 16.4. The van der Waals surface area contributed by atoms with Crippen LogP contribution in [0.5, 0.6) is 0 Å². The molecule has 0 saturated carbocycles. The summed E-state index contributed by atoms with van der Waals surface area (Å²) in [5.41, 5.74) is 1.99. The van der Waals surface area contributed by atoms with Gasteiger partial charge < -0.3 is 5.32 Å². The van der Waals surface area contributed by atoms with E-state index in [0.717, 1.165) is 32.7 Å². The highest BCUT2D eigenvalue weighted by Crippen LogP contribution is 2.12. The van der Waals surface area contributed by atoms with Gasteiger partial charge in [0.15, 0.2) is 0 Å². The van der Waals surface area contributed by atoms with Crippen molar-refractivity contribution in [1.29, 1.82) is 0 Å². The molecule has 1 saturated heterocycles. The topological polar surface area (TPSA) is 35.6 Å². The van der Waals surface area contributed by atoms with Gasteiger partial charge in [0.1, 0.15) is 5.82 Å². The molecule has 0 spiro atoms. The van der Waals surface area contributed by atoms with E-state index in [2.05, 4.69) is 31.9 Å². The number of nitrogens with zero attached hydrogens (tertiary/aromatic N) is 2. The maximum Gasteiger partial charge on any atom is 0.238 e. The third-order valence-electron chi connectivity index (χ3n) is 3.95. The van der Waals surface area contributed by atoms with E-state index in [1.54, 1.807) is 23.5 Å². The van der Waals surface area contributed by atoms with Crippen molar-refractivity contribution in [1.82, 2.24) is 9.80 Å². The SMILES string of the molecule is O=C(CN1CCN(Cc2ccsc2)CC1)Nc1ccc(F)cc1. The molecule has 1 N–H and O–H groups in total. The zero-order valence-corrected chi connectivity index (χ0v) is 13.7. The molecule has 0 radical (unpaired) electrons. The third kappa shape index (κ3) is 4.86. The smallest absolute Gasteiger partial charge is 0.238 e. The molecule has 2 heterocycles. The van der Waals surface area contributed by atoms with Crippen LogP contribution in [0.2, 0.25) is 0 Å². The lowest BCUT2D eigenvalue weighted by Gasteiger charge is -2.34. The summed E-state index contributed by atoms with van der Waals surface area (Å²) in [5, 5.41) is 7.09. The van der Waals surface area contributed by atoms with Crippen molar-refractivity contribution in [3.8, 4) is 0 Å². The minimum absolute atomic E-state index is 0.0529. The van der Waals surface area contributed by atoms with E-state index >= 15 is 0 Å². The number of carbonyl (C=O) groups is 1. The number of nitrogens with one attached hydrogen (secondary N) is 1. The average molecular weight is 333 g/mol. The number of rotatable bonds is 5. The second-order valence-corrected chi connectivity index (χ2v) is 6.52. The minimum atomic E-state index is -0.301. The molecular weight excluding hydrogens is 313 g/mol. The summed E-state index contributed by atoms with van der Waals surface area (Å²) < 4.78 is 12.8. The molecule has 1 amide bonds. The highest BCUT2D eigenvalue weighted by Gasteiger charge is 2.19. The van der Waals surface area contributed by atoms with E-state index in [0.29, 0.717) is 12.2 Å². The Morgan fingerprint density at radius 3 is 2.43 bits per heavy atom. The van der Waals surface area contributed by atoms with Gasteiger partial charge in [0.2, 0.25) is 5.91 Å². The average Bonchev–Trinajstić information content (AvgIpc) is 3.04. The van der Waals surface area contributed by atoms with Gasteiger partial charge in [-0.15, -0.1) is 0 Å². The third-order valence-corrected chi connectivity index (χ3v) is 4.68. The first kappa shape index (κ1) is 16.1. The standard InChI is InChI=1S/C17H20FN3OS/c18-15-1-3-16(4-2-15)19-17(22)12-21-8-6-20(7-9-21)11-14-5-10-23-13-14/h1-5,10,13H,6-9,11-12H2,(H,19,22). The monoisotopic (exact) mass is 333 g/mol. The van der Waals surface area contributed by atoms with Crippen molar-refractivity contribution in [3.63, 3.8) is 0 Å². The fraction of sp³-hybridized carbons (Fsp3) is 0.353. The Kier molecular flexibility index (Phi) is 5.38. The summed E-state index contributed by atoms with van der Waals surface area (Å²) in [6.07, 6.45) is 0. The van der Waals surface area contributed by atoms with Gasteiger partial charge in [0, 0.05) is 38.4 Å². The molecular formula is C17H20FN3OS. The van der Waals surface area contributed by atoms with Crippen molar-refractivity contribution >= 4 is 22.9 Å². The van der Waals surface area contributed by atoms with E-state index in [9.17, 15) is 9.18 Å². The number of hydrogen-bond acceptors (Lipinski definition) is 4. The van der Waals surface area contributed by atoms with Gasteiger partial charge in [-0.05, 0) is 46.7 Å². The summed E-state index contributed by atoms with van der Waals surface area (Å²) in [6, 6.07) is 8.00. The van der Waals surface area contributed by atoms with Crippen molar-refractivity contribution in [3.05, 3.63) is 52.5 Å². The number of carbonyl (C=O) groups excluding carboxylic acids is 1. The van der Waals surface area contributed by atoms with Crippen molar-refractivity contribution in [2.24, 2.45) is 0 Å². The highest BCUT2D eigenvalue weighted by atomic mass is 32.1. The first-order valence-corrected chi connectivity index (χ1v) is 8.64. The van der Waals surface area contributed by atoms with Crippen molar-refractivity contribution < 1.29 is 9.18 Å². The molecule has 0 aliphatic carbocycles. The number of benzene rings is 1. The van der Waals surface area contributed by atoms with Crippen LogP contribution >= 0.6 is 11.3 Å². The molecule has 1 aromatic heterocycles. The summed E-state index contributed by atoms with van der Waals surface area (Å²) >= 11 is 1.73. The first-order valence-electron chi connectivity index (χ1n) is 7.70. The molecule has 1 aliphatic heterocycles. The zero-order valence-electron chi connectivity index (χ0n) is 12.9. The Labute approximate surface area is 139 Å². The lowest BCUT2D eigenvalue weighted by molar-refractivity contribution is -0.117. The predicted molar refractivity (Wildman–Crippen MR) is 91.1 cm³/mol. The van der Waals surface area contributed by atoms with Crippen LogP contribution < -0.4 is 5.32 Å². The van der Waals surface area contributed by atoms with Crippen molar-refractivity contribution in [2.45, 2.75) is 6.54 Å². The molecule has 23 heavy (non-hydrogen) atoms. The second-order valence-electron chi connectivity index (χ2n) is 5.74. The quantitative estimate of drug-likeness (QED) is 0.914. The van der Waals surface area contributed by atoms with Gasteiger partial charge in [-0.3, -0.25) is 14.6 Å². The maximum absolute atomic E-state index is 12.8. The van der Waals surface area contributed by atoms with Crippen LogP contribution in [0.15, 0.2) is 41.1 Å². The van der Waals surface area contributed by atoms with E-state index in [1.165, 1.54) is 17.7 Å². The lowest BCUT2D eigenvalue weighted by Crippen LogP contribution is -2.48. The number of hydrogen-bond donors (Lipinski definition) is 1.